The molecule has 0 saturated carbocycles. The van der Waals surface area contributed by atoms with Gasteiger partial charge in [0, 0.05) is 12.7 Å². The van der Waals surface area contributed by atoms with E-state index < -0.39 is 5.97 Å². The molecule has 0 atom stereocenters. The van der Waals surface area contributed by atoms with Crippen molar-refractivity contribution in [2.24, 2.45) is 0 Å². The van der Waals surface area contributed by atoms with Gasteiger partial charge in [0.15, 0.2) is 0 Å². The molecule has 74 valence electrons. The number of aromatic carboxylic acids is 1. The van der Waals surface area contributed by atoms with E-state index in [1.807, 2.05) is 19.1 Å². The summed E-state index contributed by atoms with van der Waals surface area (Å²) >= 11 is 0. The van der Waals surface area contributed by atoms with Crippen LogP contribution in [0.4, 0.5) is 5.82 Å². The largest absolute Gasteiger partial charge is 0.478 e. The van der Waals surface area contributed by atoms with Crippen LogP contribution >= 0.6 is 0 Å². The summed E-state index contributed by atoms with van der Waals surface area (Å²) in [4.78, 5) is 14.7. The molecule has 1 aromatic rings. The number of aromatic nitrogens is 1. The van der Waals surface area contributed by atoms with Crippen LogP contribution in [0.25, 0.3) is 0 Å². The highest BCUT2D eigenvalue weighted by Gasteiger charge is 2.08. The summed E-state index contributed by atoms with van der Waals surface area (Å²) in [5.74, 6) is -0.570. The summed E-state index contributed by atoms with van der Waals surface area (Å²) in [5, 5.41) is 11.7. The van der Waals surface area contributed by atoms with Crippen LogP contribution < -0.4 is 5.32 Å². The first-order chi connectivity index (χ1) is 6.75. The van der Waals surface area contributed by atoms with E-state index in [1.165, 1.54) is 6.07 Å². The minimum atomic E-state index is -0.971. The quantitative estimate of drug-likeness (QED) is 0.713. The van der Waals surface area contributed by atoms with Crippen molar-refractivity contribution in [3.8, 4) is 0 Å². The molecule has 0 unspecified atom stereocenters. The van der Waals surface area contributed by atoms with Gasteiger partial charge in [-0.2, -0.15) is 0 Å². The van der Waals surface area contributed by atoms with Crippen LogP contribution in [0, 0.1) is 0 Å². The Morgan fingerprint density at radius 3 is 3.14 bits per heavy atom. The van der Waals surface area contributed by atoms with Gasteiger partial charge in [-0.15, -0.1) is 0 Å². The van der Waals surface area contributed by atoms with E-state index in [0.29, 0.717) is 12.4 Å². The number of anilines is 1. The number of hydrogen-bond donors (Lipinski definition) is 2. The van der Waals surface area contributed by atoms with Gasteiger partial charge < -0.3 is 10.4 Å². The maximum atomic E-state index is 10.8. The van der Waals surface area contributed by atoms with Crippen molar-refractivity contribution in [3.63, 3.8) is 0 Å². The van der Waals surface area contributed by atoms with Gasteiger partial charge in [0.2, 0.25) is 0 Å². The highest BCUT2D eigenvalue weighted by atomic mass is 16.4. The molecular formula is C10H12N2O2. The Balaban J connectivity index is 2.79. The number of nitrogens with one attached hydrogen (secondary N) is 1. The van der Waals surface area contributed by atoms with Gasteiger partial charge in [-0.25, -0.2) is 9.78 Å². The maximum Gasteiger partial charge on any atom is 0.339 e. The van der Waals surface area contributed by atoms with E-state index in [4.69, 9.17) is 5.11 Å². The van der Waals surface area contributed by atoms with Crippen LogP contribution in [0.5, 0.6) is 0 Å². The van der Waals surface area contributed by atoms with Crippen molar-refractivity contribution in [1.29, 1.82) is 0 Å². The Morgan fingerprint density at radius 1 is 1.71 bits per heavy atom. The average molecular weight is 192 g/mol. The van der Waals surface area contributed by atoms with Gasteiger partial charge in [0.25, 0.3) is 0 Å². The first kappa shape index (κ1) is 10.2. The fourth-order valence-corrected chi connectivity index (χ4v) is 0.992. The summed E-state index contributed by atoms with van der Waals surface area (Å²) in [5.41, 5.74) is 0.192. The second-order valence-corrected chi connectivity index (χ2v) is 2.65. The average Bonchev–Trinajstić information content (AvgIpc) is 2.19. The molecule has 4 nitrogen and oxygen atoms in total. The molecule has 0 amide bonds. The molecule has 0 radical (unpaired) electrons. The summed E-state index contributed by atoms with van der Waals surface area (Å²) in [6, 6.07) is 3.12. The Bertz CT molecular complexity index is 348. The Hall–Kier alpha value is -1.84. The molecule has 0 fully saturated rings. The third-order valence-corrected chi connectivity index (χ3v) is 1.66. The zero-order chi connectivity index (χ0) is 10.4. The first-order valence-corrected chi connectivity index (χ1v) is 4.29. The van der Waals surface area contributed by atoms with Crippen molar-refractivity contribution >= 4 is 11.8 Å². The number of carboxylic acid groups (broad SMARTS) is 1. The molecule has 1 aromatic heterocycles. The topological polar surface area (TPSA) is 62.2 Å². The molecule has 2 N–H and O–H groups in total. The zero-order valence-corrected chi connectivity index (χ0v) is 7.90. The summed E-state index contributed by atoms with van der Waals surface area (Å²) < 4.78 is 0. The third-order valence-electron chi connectivity index (χ3n) is 1.66. The summed E-state index contributed by atoms with van der Waals surface area (Å²) in [6.07, 6.45) is 5.33. The SMILES string of the molecule is C/C=C/CNc1ncccc1C(=O)O. The minimum absolute atomic E-state index is 0.192. The standard InChI is InChI=1S/C10H12N2O2/c1-2-3-6-11-9-8(10(13)14)5-4-7-12-9/h2-5,7H,6H2,1H3,(H,11,12)(H,13,14)/b3-2+. The molecule has 1 heterocycles. The molecule has 14 heavy (non-hydrogen) atoms. The van der Waals surface area contributed by atoms with Crippen molar-refractivity contribution in [2.45, 2.75) is 6.92 Å². The van der Waals surface area contributed by atoms with E-state index in [2.05, 4.69) is 10.3 Å². The summed E-state index contributed by atoms with van der Waals surface area (Å²) in [6.45, 7) is 2.48. The number of carboxylic acids is 1. The Morgan fingerprint density at radius 2 is 2.50 bits per heavy atom. The smallest absolute Gasteiger partial charge is 0.339 e. The van der Waals surface area contributed by atoms with Gasteiger partial charge >= 0.3 is 5.97 Å². The molecule has 0 aliphatic carbocycles. The van der Waals surface area contributed by atoms with Crippen molar-refractivity contribution in [3.05, 3.63) is 36.0 Å². The Labute approximate surface area is 82.3 Å². The lowest BCUT2D eigenvalue weighted by Crippen LogP contribution is -2.07. The molecular weight excluding hydrogens is 180 g/mol. The molecule has 0 aromatic carbocycles. The third kappa shape index (κ3) is 2.58. The van der Waals surface area contributed by atoms with Crippen molar-refractivity contribution in [1.82, 2.24) is 4.98 Å². The number of rotatable bonds is 4. The van der Waals surface area contributed by atoms with Gasteiger partial charge in [-0.05, 0) is 19.1 Å². The molecule has 1 rings (SSSR count). The van der Waals surface area contributed by atoms with Gasteiger partial charge in [-0.1, -0.05) is 12.2 Å². The van der Waals surface area contributed by atoms with Crippen LogP contribution in [-0.4, -0.2) is 22.6 Å². The summed E-state index contributed by atoms with van der Waals surface area (Å²) in [7, 11) is 0. The predicted molar refractivity (Wildman–Crippen MR) is 54.5 cm³/mol. The lowest BCUT2D eigenvalue weighted by molar-refractivity contribution is 0.0697. The van der Waals surface area contributed by atoms with Crippen LogP contribution in [-0.2, 0) is 0 Å². The normalized spacial score (nSPS) is 10.4. The van der Waals surface area contributed by atoms with Crippen molar-refractivity contribution < 1.29 is 9.90 Å². The predicted octanol–water partition coefficient (Wildman–Crippen LogP) is 1.77. The molecule has 0 aliphatic heterocycles. The molecule has 0 saturated heterocycles. The van der Waals surface area contributed by atoms with Crippen LogP contribution in [0.2, 0.25) is 0 Å². The molecule has 0 bridgehead atoms. The second-order valence-electron chi connectivity index (χ2n) is 2.65. The fourth-order valence-electron chi connectivity index (χ4n) is 0.992. The lowest BCUT2D eigenvalue weighted by atomic mass is 10.2. The van der Waals surface area contributed by atoms with Gasteiger partial charge in [-0.3, -0.25) is 0 Å². The van der Waals surface area contributed by atoms with E-state index in [9.17, 15) is 4.79 Å². The first-order valence-electron chi connectivity index (χ1n) is 4.29. The number of allylic oxidation sites excluding steroid dienone is 1. The van der Waals surface area contributed by atoms with E-state index >= 15 is 0 Å². The maximum absolute atomic E-state index is 10.8. The van der Waals surface area contributed by atoms with Crippen molar-refractivity contribution in [2.75, 3.05) is 11.9 Å². The highest BCUT2D eigenvalue weighted by molar-refractivity contribution is 5.92. The number of nitrogens with zero attached hydrogens (tertiary/aromatic N) is 1. The molecule has 0 spiro atoms. The van der Waals surface area contributed by atoms with Gasteiger partial charge in [0.05, 0.1) is 0 Å². The number of carbonyl (C=O) groups is 1. The van der Waals surface area contributed by atoms with Crippen LogP contribution in [0.3, 0.4) is 0 Å². The monoisotopic (exact) mass is 192 g/mol. The van der Waals surface area contributed by atoms with Crippen LogP contribution in [0.1, 0.15) is 17.3 Å². The second kappa shape index (κ2) is 5.01. The van der Waals surface area contributed by atoms with Crippen LogP contribution in [0.15, 0.2) is 30.5 Å². The highest BCUT2D eigenvalue weighted by Crippen LogP contribution is 2.10. The van der Waals surface area contributed by atoms with Gasteiger partial charge in [0.1, 0.15) is 11.4 Å². The van der Waals surface area contributed by atoms with E-state index in [-0.39, 0.29) is 5.56 Å². The number of pyridine rings is 1. The lowest BCUT2D eigenvalue weighted by Gasteiger charge is -2.04. The molecule has 4 heteroatoms. The van der Waals surface area contributed by atoms with E-state index in [1.54, 1.807) is 12.3 Å². The Kier molecular flexibility index (Phi) is 3.67. The zero-order valence-electron chi connectivity index (χ0n) is 7.90. The van der Waals surface area contributed by atoms with E-state index in [0.717, 1.165) is 0 Å². The molecule has 0 aliphatic rings. The number of hydrogen-bond acceptors (Lipinski definition) is 3. The fraction of sp³-hybridized carbons (Fsp3) is 0.200. The minimum Gasteiger partial charge on any atom is -0.478 e.